The van der Waals surface area contributed by atoms with Crippen molar-refractivity contribution in [3.63, 3.8) is 0 Å². The molecule has 1 saturated heterocycles. The van der Waals surface area contributed by atoms with Crippen molar-refractivity contribution < 1.29 is 0 Å². The molecule has 5 heteroatoms. The molecule has 2 fully saturated rings. The topological polar surface area (TPSA) is 54.8 Å². The summed E-state index contributed by atoms with van der Waals surface area (Å²) in [6.45, 7) is 5.13. The standard InChI is InChI=1S/C14H25N5/c1-2-19-10-17-18-14(19)9-16-13-6-3-5-11(13)12-7-4-8-15-12/h10-13,15-16H,2-9H2,1H3. The molecule has 0 spiro atoms. The Morgan fingerprint density at radius 3 is 3.11 bits per heavy atom. The molecular formula is C14H25N5. The Kier molecular flexibility index (Phi) is 4.13. The van der Waals surface area contributed by atoms with Gasteiger partial charge in [0.1, 0.15) is 12.2 Å². The summed E-state index contributed by atoms with van der Waals surface area (Å²) in [6.07, 6.45) is 8.56. The minimum Gasteiger partial charge on any atom is -0.317 e. The average molecular weight is 263 g/mol. The Morgan fingerprint density at radius 2 is 2.32 bits per heavy atom. The summed E-state index contributed by atoms with van der Waals surface area (Å²) >= 11 is 0. The van der Waals surface area contributed by atoms with E-state index in [1.807, 2.05) is 6.33 Å². The number of nitrogens with zero attached hydrogens (tertiary/aromatic N) is 3. The van der Waals surface area contributed by atoms with Crippen molar-refractivity contribution >= 4 is 0 Å². The van der Waals surface area contributed by atoms with E-state index in [1.165, 1.54) is 38.6 Å². The molecule has 0 amide bonds. The maximum Gasteiger partial charge on any atom is 0.146 e. The van der Waals surface area contributed by atoms with E-state index < -0.39 is 0 Å². The molecule has 0 aromatic carbocycles. The van der Waals surface area contributed by atoms with E-state index in [0.29, 0.717) is 6.04 Å². The van der Waals surface area contributed by atoms with Gasteiger partial charge < -0.3 is 15.2 Å². The third kappa shape index (κ3) is 2.82. The number of rotatable bonds is 5. The summed E-state index contributed by atoms with van der Waals surface area (Å²) in [5.41, 5.74) is 0. The quantitative estimate of drug-likeness (QED) is 0.841. The fourth-order valence-electron chi connectivity index (χ4n) is 3.70. The van der Waals surface area contributed by atoms with Gasteiger partial charge in [0, 0.05) is 18.6 Å². The van der Waals surface area contributed by atoms with Crippen LogP contribution in [0.1, 0.15) is 44.9 Å². The zero-order valence-corrected chi connectivity index (χ0v) is 11.8. The fraction of sp³-hybridized carbons (Fsp3) is 0.857. The van der Waals surface area contributed by atoms with Crippen LogP contribution in [0.25, 0.3) is 0 Å². The lowest BCUT2D eigenvalue weighted by molar-refractivity contribution is 0.317. The van der Waals surface area contributed by atoms with Crippen LogP contribution >= 0.6 is 0 Å². The van der Waals surface area contributed by atoms with E-state index in [0.717, 1.165) is 30.9 Å². The van der Waals surface area contributed by atoms with Crippen LogP contribution in [0.2, 0.25) is 0 Å². The number of nitrogens with one attached hydrogen (secondary N) is 2. The highest BCUT2D eigenvalue weighted by atomic mass is 15.3. The first-order chi connectivity index (χ1) is 9.38. The van der Waals surface area contributed by atoms with Crippen molar-refractivity contribution in [3.8, 4) is 0 Å². The predicted octanol–water partition coefficient (Wildman–Crippen LogP) is 1.31. The van der Waals surface area contributed by atoms with Gasteiger partial charge in [-0.05, 0) is 45.1 Å². The highest BCUT2D eigenvalue weighted by Crippen LogP contribution is 2.32. The summed E-state index contributed by atoms with van der Waals surface area (Å²) in [5.74, 6) is 1.87. The molecule has 106 valence electrons. The third-order valence-corrected chi connectivity index (χ3v) is 4.74. The first-order valence-electron chi connectivity index (χ1n) is 7.72. The van der Waals surface area contributed by atoms with Crippen LogP contribution in [-0.2, 0) is 13.1 Å². The van der Waals surface area contributed by atoms with Crippen LogP contribution in [0, 0.1) is 5.92 Å². The average Bonchev–Trinajstić information content (AvgIpc) is 3.16. The highest BCUT2D eigenvalue weighted by Gasteiger charge is 2.34. The maximum absolute atomic E-state index is 4.21. The predicted molar refractivity (Wildman–Crippen MR) is 74.7 cm³/mol. The summed E-state index contributed by atoms with van der Waals surface area (Å²) in [5, 5.41) is 15.6. The lowest BCUT2D eigenvalue weighted by atomic mass is 9.93. The molecule has 5 nitrogen and oxygen atoms in total. The molecule has 0 bridgehead atoms. The summed E-state index contributed by atoms with van der Waals surface area (Å²) in [4.78, 5) is 0. The molecule has 1 saturated carbocycles. The Balaban J connectivity index is 1.56. The Hall–Kier alpha value is -0.940. The third-order valence-electron chi connectivity index (χ3n) is 4.74. The van der Waals surface area contributed by atoms with E-state index in [1.54, 1.807) is 0 Å². The Labute approximate surface area is 115 Å². The molecule has 1 aliphatic heterocycles. The molecule has 2 heterocycles. The molecule has 3 rings (SSSR count). The lowest BCUT2D eigenvalue weighted by Gasteiger charge is -2.26. The van der Waals surface area contributed by atoms with Gasteiger partial charge in [-0.2, -0.15) is 0 Å². The molecule has 3 unspecified atom stereocenters. The van der Waals surface area contributed by atoms with Gasteiger partial charge in [0.15, 0.2) is 0 Å². The van der Waals surface area contributed by atoms with Crippen molar-refractivity contribution in [2.75, 3.05) is 6.54 Å². The Bertz CT molecular complexity index is 396. The van der Waals surface area contributed by atoms with Crippen LogP contribution in [0.4, 0.5) is 0 Å². The van der Waals surface area contributed by atoms with Crippen molar-refractivity contribution in [1.29, 1.82) is 0 Å². The Morgan fingerprint density at radius 1 is 1.37 bits per heavy atom. The number of aromatic nitrogens is 3. The van der Waals surface area contributed by atoms with E-state index >= 15 is 0 Å². The smallest absolute Gasteiger partial charge is 0.146 e. The molecule has 19 heavy (non-hydrogen) atoms. The molecule has 0 radical (unpaired) electrons. The lowest BCUT2D eigenvalue weighted by Crippen LogP contribution is -2.42. The van der Waals surface area contributed by atoms with E-state index in [4.69, 9.17) is 0 Å². The van der Waals surface area contributed by atoms with Gasteiger partial charge in [-0.1, -0.05) is 6.42 Å². The minimum absolute atomic E-state index is 0.651. The van der Waals surface area contributed by atoms with Crippen molar-refractivity contribution in [2.24, 2.45) is 5.92 Å². The SMILES string of the molecule is CCn1cnnc1CNC1CCCC1C1CCCN1. The second kappa shape index (κ2) is 6.01. The molecule has 1 aliphatic carbocycles. The highest BCUT2D eigenvalue weighted by molar-refractivity contribution is 4.95. The first kappa shape index (κ1) is 13.1. The van der Waals surface area contributed by atoms with E-state index in [9.17, 15) is 0 Å². The van der Waals surface area contributed by atoms with Gasteiger partial charge in [-0.15, -0.1) is 10.2 Å². The molecule has 2 aliphatic rings. The van der Waals surface area contributed by atoms with E-state index in [-0.39, 0.29) is 0 Å². The summed E-state index contributed by atoms with van der Waals surface area (Å²) in [7, 11) is 0. The fourth-order valence-corrected chi connectivity index (χ4v) is 3.70. The monoisotopic (exact) mass is 263 g/mol. The number of hydrogen-bond donors (Lipinski definition) is 2. The van der Waals surface area contributed by atoms with Gasteiger partial charge in [0.2, 0.25) is 0 Å². The van der Waals surface area contributed by atoms with Crippen LogP contribution in [-0.4, -0.2) is 33.4 Å². The molecular weight excluding hydrogens is 238 g/mol. The van der Waals surface area contributed by atoms with Crippen LogP contribution in [0.3, 0.4) is 0 Å². The number of hydrogen-bond acceptors (Lipinski definition) is 4. The van der Waals surface area contributed by atoms with Gasteiger partial charge in [0.05, 0.1) is 6.54 Å². The zero-order valence-electron chi connectivity index (χ0n) is 11.8. The van der Waals surface area contributed by atoms with Gasteiger partial charge in [-0.3, -0.25) is 0 Å². The van der Waals surface area contributed by atoms with Crippen LogP contribution < -0.4 is 10.6 Å². The minimum atomic E-state index is 0.651. The molecule has 2 N–H and O–H groups in total. The first-order valence-corrected chi connectivity index (χ1v) is 7.72. The molecule has 1 aromatic rings. The molecule has 3 atom stereocenters. The second-order valence-corrected chi connectivity index (χ2v) is 5.82. The van der Waals surface area contributed by atoms with E-state index in [2.05, 4.69) is 32.3 Å². The zero-order chi connectivity index (χ0) is 13.1. The van der Waals surface area contributed by atoms with Gasteiger partial charge in [0.25, 0.3) is 0 Å². The summed E-state index contributed by atoms with van der Waals surface area (Å²) < 4.78 is 2.12. The van der Waals surface area contributed by atoms with Crippen LogP contribution in [0.5, 0.6) is 0 Å². The maximum atomic E-state index is 4.21. The molecule has 1 aromatic heterocycles. The second-order valence-electron chi connectivity index (χ2n) is 5.82. The van der Waals surface area contributed by atoms with Crippen LogP contribution in [0.15, 0.2) is 6.33 Å². The van der Waals surface area contributed by atoms with Gasteiger partial charge >= 0.3 is 0 Å². The van der Waals surface area contributed by atoms with Crippen molar-refractivity contribution in [2.45, 2.75) is 64.2 Å². The van der Waals surface area contributed by atoms with Gasteiger partial charge in [-0.25, -0.2) is 0 Å². The van der Waals surface area contributed by atoms with Crippen molar-refractivity contribution in [3.05, 3.63) is 12.2 Å². The largest absolute Gasteiger partial charge is 0.317 e. The summed E-state index contributed by atoms with van der Waals surface area (Å²) in [6, 6.07) is 1.39. The van der Waals surface area contributed by atoms with Crippen molar-refractivity contribution in [1.82, 2.24) is 25.4 Å². The number of aryl methyl sites for hydroxylation is 1. The normalized spacial score (nSPS) is 31.1.